The van der Waals surface area contributed by atoms with Gasteiger partial charge in [-0.2, -0.15) is 4.80 Å². The summed E-state index contributed by atoms with van der Waals surface area (Å²) in [6.07, 6.45) is 1.21. The number of piperidine rings is 1. The van der Waals surface area contributed by atoms with E-state index < -0.39 is 18.0 Å². The van der Waals surface area contributed by atoms with Crippen LogP contribution in [0.25, 0.3) is 0 Å². The molecule has 0 spiro atoms. The van der Waals surface area contributed by atoms with Crippen LogP contribution in [0.1, 0.15) is 36.5 Å². The number of cyclic esters (lactones) is 1. The lowest BCUT2D eigenvalue weighted by molar-refractivity contribution is -0.119. The number of amides is 2. The zero-order valence-corrected chi connectivity index (χ0v) is 20.1. The molecule has 0 bridgehead atoms. The number of carbonyl (C=O) groups excluding carboxylic acids is 2. The van der Waals surface area contributed by atoms with E-state index >= 15 is 4.39 Å². The van der Waals surface area contributed by atoms with Crippen molar-refractivity contribution in [1.29, 1.82) is 0 Å². The molecule has 1 N–H and O–H groups in total. The molecule has 2 aliphatic heterocycles. The van der Waals surface area contributed by atoms with Crippen LogP contribution in [0.15, 0.2) is 35.7 Å². The number of ether oxygens (including phenoxy) is 1. The molecule has 2 amide bonds. The van der Waals surface area contributed by atoms with Crippen molar-refractivity contribution < 1.29 is 18.7 Å². The van der Waals surface area contributed by atoms with Gasteiger partial charge < -0.3 is 15.0 Å². The zero-order chi connectivity index (χ0) is 24.4. The number of hydrogen-bond donors (Lipinski definition) is 1. The molecular weight excluding hydrogens is 473 g/mol. The van der Waals surface area contributed by atoms with Gasteiger partial charge in [0, 0.05) is 31.3 Å². The zero-order valence-electron chi connectivity index (χ0n) is 19.3. The number of nitrogens with zero attached hydrogens (tertiary/aromatic N) is 6. The largest absolute Gasteiger partial charge is 0.442 e. The highest BCUT2D eigenvalue weighted by Gasteiger charge is 2.33. The van der Waals surface area contributed by atoms with Crippen molar-refractivity contribution in [2.45, 2.75) is 38.3 Å². The maximum absolute atomic E-state index is 15.1. The fourth-order valence-corrected chi connectivity index (χ4v) is 5.11. The van der Waals surface area contributed by atoms with Crippen molar-refractivity contribution in [2.75, 3.05) is 36.0 Å². The minimum atomic E-state index is -0.549. The standard InChI is InChI=1S/C23H26FN7O3S/c1-15(32)25-13-18-14-30(23(33)34-18)17-4-5-21(20(24)11-17)29-8-6-16(7-9-29)31-27-22(26-28-31)12-19-3-2-10-35-19/h2-5,10-11,16,18H,6-9,12-14H2,1H3,(H,25,32)/t18-/m0/s1. The third-order valence-electron chi connectivity index (χ3n) is 6.21. The van der Waals surface area contributed by atoms with Crippen LogP contribution < -0.4 is 15.1 Å². The lowest BCUT2D eigenvalue weighted by Crippen LogP contribution is -2.36. The summed E-state index contributed by atoms with van der Waals surface area (Å²) in [4.78, 5) is 29.6. The second-order valence-electron chi connectivity index (χ2n) is 8.69. The number of anilines is 2. The molecule has 184 valence electrons. The van der Waals surface area contributed by atoms with Crippen molar-refractivity contribution in [3.63, 3.8) is 0 Å². The predicted octanol–water partition coefficient (Wildman–Crippen LogP) is 2.77. The fraction of sp³-hybridized carbons (Fsp3) is 0.435. The molecule has 0 saturated carbocycles. The van der Waals surface area contributed by atoms with Crippen LogP contribution in [0.2, 0.25) is 0 Å². The van der Waals surface area contributed by atoms with Crippen LogP contribution in [0.5, 0.6) is 0 Å². The molecule has 5 rings (SSSR count). The maximum atomic E-state index is 15.1. The Morgan fingerprint density at radius 1 is 1.29 bits per heavy atom. The number of hydrogen-bond acceptors (Lipinski definition) is 8. The topological polar surface area (TPSA) is 105 Å². The van der Waals surface area contributed by atoms with Gasteiger partial charge in [-0.25, -0.2) is 9.18 Å². The Labute approximate surface area is 205 Å². The molecule has 0 radical (unpaired) electrons. The Kier molecular flexibility index (Phi) is 6.62. The molecule has 10 nitrogen and oxygen atoms in total. The molecule has 0 unspecified atom stereocenters. The van der Waals surface area contributed by atoms with E-state index in [0.29, 0.717) is 36.7 Å². The normalized spacial score (nSPS) is 18.7. The molecule has 4 heterocycles. The second-order valence-corrected chi connectivity index (χ2v) is 9.72. The highest BCUT2D eigenvalue weighted by atomic mass is 32.1. The second kappa shape index (κ2) is 9.98. The van der Waals surface area contributed by atoms with E-state index in [9.17, 15) is 9.59 Å². The quantitative estimate of drug-likeness (QED) is 0.533. The molecule has 2 saturated heterocycles. The molecule has 3 aromatic rings. The van der Waals surface area contributed by atoms with Crippen molar-refractivity contribution in [3.8, 4) is 0 Å². The number of benzene rings is 1. The smallest absolute Gasteiger partial charge is 0.414 e. The third-order valence-corrected chi connectivity index (χ3v) is 7.09. The fourth-order valence-electron chi connectivity index (χ4n) is 4.40. The highest BCUT2D eigenvalue weighted by molar-refractivity contribution is 7.09. The van der Waals surface area contributed by atoms with Gasteiger partial charge in [-0.1, -0.05) is 6.07 Å². The van der Waals surface area contributed by atoms with Crippen molar-refractivity contribution in [3.05, 3.63) is 52.2 Å². The van der Waals surface area contributed by atoms with Gasteiger partial charge in [-0.05, 0) is 47.7 Å². The monoisotopic (exact) mass is 499 g/mol. The lowest BCUT2D eigenvalue weighted by atomic mass is 10.0. The van der Waals surface area contributed by atoms with Gasteiger partial charge in [0.1, 0.15) is 11.9 Å². The average molecular weight is 500 g/mol. The minimum absolute atomic E-state index is 0.123. The van der Waals surface area contributed by atoms with Crippen molar-refractivity contribution >= 4 is 34.7 Å². The van der Waals surface area contributed by atoms with Gasteiger partial charge >= 0.3 is 6.09 Å². The molecule has 2 aromatic heterocycles. The summed E-state index contributed by atoms with van der Waals surface area (Å²) in [5, 5.41) is 17.6. The van der Waals surface area contributed by atoms with E-state index in [2.05, 4.69) is 26.8 Å². The number of halogens is 1. The number of nitrogens with one attached hydrogen (secondary N) is 1. The van der Waals surface area contributed by atoms with Crippen molar-refractivity contribution in [2.24, 2.45) is 0 Å². The summed E-state index contributed by atoms with van der Waals surface area (Å²) >= 11 is 1.67. The molecule has 35 heavy (non-hydrogen) atoms. The Hall–Kier alpha value is -3.54. The molecule has 1 aromatic carbocycles. The summed E-state index contributed by atoms with van der Waals surface area (Å²) < 4.78 is 20.3. The average Bonchev–Trinajstić information content (AvgIpc) is 3.60. The first-order chi connectivity index (χ1) is 17.0. The van der Waals surface area contributed by atoms with Crippen LogP contribution in [0.4, 0.5) is 20.6 Å². The lowest BCUT2D eigenvalue weighted by Gasteiger charge is -2.33. The Morgan fingerprint density at radius 3 is 2.83 bits per heavy atom. The number of rotatable bonds is 7. The summed E-state index contributed by atoms with van der Waals surface area (Å²) in [6, 6.07) is 8.97. The molecule has 2 aliphatic rings. The van der Waals surface area contributed by atoms with Crippen LogP contribution in [-0.4, -0.2) is 64.5 Å². The Bertz CT molecular complexity index is 1190. The van der Waals surface area contributed by atoms with Crippen LogP contribution >= 0.6 is 11.3 Å². The number of thiophene rings is 1. The van der Waals surface area contributed by atoms with Gasteiger partial charge in [0.2, 0.25) is 5.91 Å². The van der Waals surface area contributed by atoms with E-state index in [1.807, 2.05) is 16.3 Å². The number of aromatic nitrogens is 4. The molecule has 12 heteroatoms. The van der Waals surface area contributed by atoms with Gasteiger partial charge in [0.25, 0.3) is 0 Å². The first-order valence-electron chi connectivity index (χ1n) is 11.5. The van der Waals surface area contributed by atoms with E-state index in [0.717, 1.165) is 12.8 Å². The van der Waals surface area contributed by atoms with E-state index in [-0.39, 0.29) is 25.0 Å². The summed E-state index contributed by atoms with van der Waals surface area (Å²) in [7, 11) is 0. The van der Waals surface area contributed by atoms with Crippen LogP contribution in [0, 0.1) is 5.82 Å². The number of tetrazole rings is 1. The Balaban J connectivity index is 1.18. The first-order valence-corrected chi connectivity index (χ1v) is 12.4. The summed E-state index contributed by atoms with van der Waals surface area (Å²) in [5.74, 6) is 0.115. The molecule has 2 fully saturated rings. The van der Waals surface area contributed by atoms with E-state index in [1.54, 1.807) is 28.3 Å². The highest BCUT2D eigenvalue weighted by Crippen LogP contribution is 2.31. The van der Waals surface area contributed by atoms with Gasteiger partial charge in [0.15, 0.2) is 5.82 Å². The first kappa shape index (κ1) is 23.2. The minimum Gasteiger partial charge on any atom is -0.442 e. The molecule has 0 aliphatic carbocycles. The molecule has 1 atom stereocenters. The maximum Gasteiger partial charge on any atom is 0.414 e. The SMILES string of the molecule is CC(=O)NC[C@H]1CN(c2ccc(N3CCC(n4nnc(Cc5cccs5)n4)CC3)c(F)c2)C(=O)O1. The van der Waals surface area contributed by atoms with E-state index in [1.165, 1.54) is 22.8 Å². The Morgan fingerprint density at radius 2 is 2.11 bits per heavy atom. The third kappa shape index (κ3) is 5.26. The van der Waals surface area contributed by atoms with Gasteiger partial charge in [0.05, 0.1) is 30.5 Å². The number of carbonyl (C=O) groups is 2. The van der Waals surface area contributed by atoms with Crippen LogP contribution in [-0.2, 0) is 16.0 Å². The molecular formula is C23H26FN7O3S. The van der Waals surface area contributed by atoms with Crippen LogP contribution in [0.3, 0.4) is 0 Å². The van der Waals surface area contributed by atoms with Gasteiger partial charge in [-0.15, -0.1) is 21.5 Å². The summed E-state index contributed by atoms with van der Waals surface area (Å²) in [6.45, 7) is 3.20. The van der Waals surface area contributed by atoms with Gasteiger partial charge in [-0.3, -0.25) is 9.69 Å². The van der Waals surface area contributed by atoms with Crippen molar-refractivity contribution in [1.82, 2.24) is 25.5 Å². The van der Waals surface area contributed by atoms with E-state index in [4.69, 9.17) is 4.74 Å². The predicted molar refractivity (Wildman–Crippen MR) is 128 cm³/mol. The summed E-state index contributed by atoms with van der Waals surface area (Å²) in [5.41, 5.74) is 0.932.